The van der Waals surface area contributed by atoms with Gasteiger partial charge in [0.1, 0.15) is 12.4 Å². The number of hydrogen-bond acceptors (Lipinski definition) is 5. The van der Waals surface area contributed by atoms with E-state index >= 15 is 0 Å². The predicted octanol–water partition coefficient (Wildman–Crippen LogP) is 6.02. The molecule has 2 aliphatic rings. The Labute approximate surface area is 238 Å². The Morgan fingerprint density at radius 3 is 2.33 bits per heavy atom. The molecule has 2 fully saturated rings. The summed E-state index contributed by atoms with van der Waals surface area (Å²) < 4.78 is 34.4. The Bertz CT molecular complexity index is 1150. The van der Waals surface area contributed by atoms with Crippen molar-refractivity contribution in [2.24, 2.45) is 5.92 Å². The second-order valence-corrected chi connectivity index (χ2v) is 9.62. The zero-order valence-corrected chi connectivity index (χ0v) is 23.6. The van der Waals surface area contributed by atoms with E-state index in [-0.39, 0.29) is 74.0 Å². The smallest absolute Gasteiger partial charge is 0.305 e. The third kappa shape index (κ3) is 9.15. The lowest BCUT2D eigenvalue weighted by Gasteiger charge is -2.31. The number of amides is 2. The molecule has 0 radical (unpaired) electrons. The lowest BCUT2D eigenvalue weighted by molar-refractivity contribution is -0.140. The normalized spacial score (nSPS) is 15.5. The summed E-state index contributed by atoms with van der Waals surface area (Å²) in [5, 5.41) is 9.50. The van der Waals surface area contributed by atoms with E-state index in [0.29, 0.717) is 23.6 Å². The molecule has 1 saturated carbocycles. The number of carboxylic acids is 1. The van der Waals surface area contributed by atoms with Crippen molar-refractivity contribution in [3.8, 4) is 5.75 Å². The van der Waals surface area contributed by atoms with Gasteiger partial charge in [-0.2, -0.15) is 0 Å². The van der Waals surface area contributed by atoms with Crippen LogP contribution in [0.5, 0.6) is 5.75 Å². The summed E-state index contributed by atoms with van der Waals surface area (Å²) >= 11 is 5.82. The first-order valence-corrected chi connectivity index (χ1v) is 13.2. The van der Waals surface area contributed by atoms with Gasteiger partial charge < -0.3 is 9.84 Å². The summed E-state index contributed by atoms with van der Waals surface area (Å²) in [6.45, 7) is 4.89. The lowest BCUT2D eigenvalue weighted by Crippen LogP contribution is -2.33. The zero-order chi connectivity index (χ0) is 27.8. The Morgan fingerprint density at radius 1 is 1.10 bits per heavy atom. The van der Waals surface area contributed by atoms with Gasteiger partial charge in [-0.25, -0.2) is 8.78 Å². The van der Waals surface area contributed by atoms with Gasteiger partial charge in [-0.05, 0) is 54.2 Å². The molecule has 214 valence electrons. The van der Waals surface area contributed by atoms with Gasteiger partial charge in [0, 0.05) is 32.0 Å². The van der Waals surface area contributed by atoms with Gasteiger partial charge in [0.15, 0.2) is 11.6 Å². The molecule has 2 amide bonds. The van der Waals surface area contributed by atoms with Crippen LogP contribution in [0, 0.1) is 17.6 Å². The maximum absolute atomic E-state index is 14.8. The highest BCUT2D eigenvalue weighted by molar-refractivity contribution is 6.30. The number of rotatable bonds is 12. The summed E-state index contributed by atoms with van der Waals surface area (Å²) in [6, 6.07) is 8.14. The maximum Gasteiger partial charge on any atom is 0.305 e. The number of halogens is 4. The van der Waals surface area contributed by atoms with Gasteiger partial charge in [0.2, 0.25) is 11.8 Å². The molecule has 0 bridgehead atoms. The average Bonchev–Trinajstić information content (AvgIpc) is 3.65. The van der Waals surface area contributed by atoms with Gasteiger partial charge in [-0.15, -0.1) is 12.4 Å². The maximum atomic E-state index is 14.8. The van der Waals surface area contributed by atoms with E-state index in [4.69, 9.17) is 16.3 Å². The number of carbonyl (C=O) groups excluding carboxylic acids is 2. The minimum Gasteiger partial charge on any atom is -0.489 e. The molecule has 1 unspecified atom stereocenters. The highest BCUT2D eigenvalue weighted by atomic mass is 35.5. The first-order valence-electron chi connectivity index (χ1n) is 12.9. The number of nitrogens with zero attached hydrogens (tertiary/aromatic N) is 2. The fraction of sp³-hybridized carbons (Fsp3) is 0.464. The molecule has 1 atom stereocenters. The molecular formula is C28H34Cl2F2N2O5. The Balaban J connectivity index is 0.00000174. The molecule has 7 nitrogen and oxygen atoms in total. The van der Waals surface area contributed by atoms with E-state index in [2.05, 4.69) is 0 Å². The Hall–Kier alpha value is -2.75. The molecular weight excluding hydrogens is 553 g/mol. The first kappa shape index (κ1) is 32.5. The van der Waals surface area contributed by atoms with Gasteiger partial charge >= 0.3 is 5.97 Å². The van der Waals surface area contributed by atoms with Crippen LogP contribution in [0.1, 0.15) is 63.1 Å². The van der Waals surface area contributed by atoms with E-state index < -0.39 is 23.6 Å². The van der Waals surface area contributed by atoms with E-state index in [1.165, 1.54) is 24.3 Å². The number of hydrogen-bond donors (Lipinski definition) is 1. The predicted molar refractivity (Wildman–Crippen MR) is 146 cm³/mol. The number of imide groups is 1. The number of likely N-dealkylation sites (tertiary alicyclic amines) is 1. The molecule has 1 N–H and O–H groups in total. The van der Waals surface area contributed by atoms with E-state index in [0.717, 1.165) is 17.7 Å². The van der Waals surface area contributed by atoms with Crippen LogP contribution in [-0.4, -0.2) is 52.4 Å². The van der Waals surface area contributed by atoms with Crippen LogP contribution < -0.4 is 4.74 Å². The van der Waals surface area contributed by atoms with E-state index in [1.54, 1.807) is 12.1 Å². The van der Waals surface area contributed by atoms with Crippen molar-refractivity contribution in [1.29, 1.82) is 0 Å². The van der Waals surface area contributed by atoms with Crippen LogP contribution in [0.25, 0.3) is 0 Å². The quantitative estimate of drug-likeness (QED) is 0.306. The Morgan fingerprint density at radius 2 is 1.77 bits per heavy atom. The van der Waals surface area contributed by atoms with Crippen molar-refractivity contribution in [2.75, 3.05) is 19.7 Å². The van der Waals surface area contributed by atoms with Crippen molar-refractivity contribution in [1.82, 2.24) is 9.80 Å². The molecule has 1 aliphatic carbocycles. The van der Waals surface area contributed by atoms with Gasteiger partial charge in [-0.1, -0.05) is 37.6 Å². The second-order valence-electron chi connectivity index (χ2n) is 9.21. The van der Waals surface area contributed by atoms with Crippen LogP contribution in [0.2, 0.25) is 5.02 Å². The number of benzene rings is 2. The van der Waals surface area contributed by atoms with E-state index in [9.17, 15) is 28.3 Å². The molecule has 2 aromatic rings. The summed E-state index contributed by atoms with van der Waals surface area (Å²) in [7, 11) is 0. The van der Waals surface area contributed by atoms with Crippen molar-refractivity contribution in [3.05, 3.63) is 64.2 Å². The Kier molecular flexibility index (Phi) is 12.6. The van der Waals surface area contributed by atoms with Gasteiger partial charge in [0.05, 0.1) is 18.0 Å². The molecule has 1 aliphatic heterocycles. The molecule has 0 aromatic heterocycles. The van der Waals surface area contributed by atoms with Crippen molar-refractivity contribution in [3.63, 3.8) is 0 Å². The van der Waals surface area contributed by atoms with Crippen molar-refractivity contribution >= 4 is 41.8 Å². The molecule has 0 spiro atoms. The van der Waals surface area contributed by atoms with Crippen molar-refractivity contribution in [2.45, 2.75) is 58.5 Å². The monoisotopic (exact) mass is 586 g/mol. The molecule has 4 rings (SSSR count). The van der Waals surface area contributed by atoms with E-state index in [1.807, 2.05) is 18.7 Å². The van der Waals surface area contributed by atoms with Crippen molar-refractivity contribution < 1.29 is 33.0 Å². The van der Waals surface area contributed by atoms with Crippen LogP contribution >= 0.6 is 24.0 Å². The number of carboxylic acid groups (broad SMARTS) is 1. The minimum atomic E-state index is -1.03. The second kappa shape index (κ2) is 15.1. The first-order chi connectivity index (χ1) is 18.2. The molecule has 1 heterocycles. The van der Waals surface area contributed by atoms with Gasteiger partial charge in [0.25, 0.3) is 0 Å². The van der Waals surface area contributed by atoms with Crippen LogP contribution in [0.3, 0.4) is 0 Å². The largest absolute Gasteiger partial charge is 0.489 e. The average molecular weight is 587 g/mol. The molecule has 11 heteroatoms. The standard InChI is InChI=1S/C26H27ClF2N2O5.C2H6.ClH/c27-19-5-4-18(12-20(19)28)22(13-26(34)35)30(14-16-1-2-16)15-17-3-6-23(21(29)11-17)36-10-9-31-24(32)7-8-25(31)33;1-2;/h3-6,11-12,16,22H,1-2,7-10,13-15H2,(H,34,35);1-2H3;1H. The topological polar surface area (TPSA) is 87.2 Å². The highest BCUT2D eigenvalue weighted by Gasteiger charge is 2.31. The SMILES string of the molecule is CC.Cl.O=C(O)CC(c1ccc(Cl)c(F)c1)N(Cc1ccc(OCCN2C(=O)CCC2=O)c(F)c1)CC1CC1. The third-order valence-electron chi connectivity index (χ3n) is 6.44. The van der Waals surface area contributed by atoms with Crippen LogP contribution in [0.15, 0.2) is 36.4 Å². The fourth-order valence-electron chi connectivity index (χ4n) is 4.39. The fourth-order valence-corrected chi connectivity index (χ4v) is 4.51. The van der Waals surface area contributed by atoms with Crippen LogP contribution in [-0.2, 0) is 20.9 Å². The zero-order valence-electron chi connectivity index (χ0n) is 22.0. The summed E-state index contributed by atoms with van der Waals surface area (Å²) in [5.74, 6) is -2.37. The summed E-state index contributed by atoms with van der Waals surface area (Å²) in [6.07, 6.45) is 2.17. The molecule has 39 heavy (non-hydrogen) atoms. The highest BCUT2D eigenvalue weighted by Crippen LogP contribution is 2.36. The summed E-state index contributed by atoms with van der Waals surface area (Å²) in [4.78, 5) is 38.1. The minimum absolute atomic E-state index is 0. The molecule has 1 saturated heterocycles. The lowest BCUT2D eigenvalue weighted by atomic mass is 10.00. The number of aliphatic carboxylic acids is 1. The number of ether oxygens (including phenoxy) is 1. The third-order valence-corrected chi connectivity index (χ3v) is 6.74. The summed E-state index contributed by atoms with van der Waals surface area (Å²) in [5.41, 5.74) is 1.10. The van der Waals surface area contributed by atoms with Crippen LogP contribution in [0.4, 0.5) is 8.78 Å². The number of carbonyl (C=O) groups is 3. The molecule has 2 aromatic carbocycles. The van der Waals surface area contributed by atoms with Gasteiger partial charge in [-0.3, -0.25) is 24.2 Å².